The zero-order valence-electron chi connectivity index (χ0n) is 9.77. The molecule has 88 valence electrons. The molecule has 4 heteroatoms. The molecule has 17 heavy (non-hydrogen) atoms. The first-order valence-electron chi connectivity index (χ1n) is 6.13. The lowest BCUT2D eigenvalue weighted by Gasteiger charge is -2.25. The van der Waals surface area contributed by atoms with Crippen molar-refractivity contribution in [2.45, 2.75) is 43.9 Å². The van der Waals surface area contributed by atoms with Crippen molar-refractivity contribution in [2.24, 2.45) is 0 Å². The summed E-state index contributed by atoms with van der Waals surface area (Å²) in [6.07, 6.45) is 6.67. The van der Waals surface area contributed by atoms with Gasteiger partial charge in [0.25, 0.3) is 0 Å². The van der Waals surface area contributed by atoms with Gasteiger partial charge in [-0.15, -0.1) is 11.3 Å². The summed E-state index contributed by atoms with van der Waals surface area (Å²) in [5.41, 5.74) is 2.77. The molecule has 1 fully saturated rings. The maximum absolute atomic E-state index is 5.46. The second-order valence-electron chi connectivity index (χ2n) is 5.39. The molecule has 2 heterocycles. The van der Waals surface area contributed by atoms with Crippen LogP contribution in [-0.4, -0.2) is 10.1 Å². The fourth-order valence-corrected chi connectivity index (χ4v) is 3.96. The van der Waals surface area contributed by atoms with E-state index >= 15 is 0 Å². The Hall–Kier alpha value is -1.16. The molecule has 1 unspecified atom stereocenters. The normalized spacial score (nSPS) is 24.9. The summed E-state index contributed by atoms with van der Waals surface area (Å²) in [4.78, 5) is 4.65. The minimum absolute atomic E-state index is 0.314. The predicted octanol–water partition coefficient (Wildman–Crippen LogP) is 3.20. The van der Waals surface area contributed by atoms with E-state index in [0.29, 0.717) is 11.3 Å². The maximum atomic E-state index is 5.46. The molecule has 0 aliphatic heterocycles. The van der Waals surface area contributed by atoms with Crippen LogP contribution < -0.4 is 0 Å². The van der Waals surface area contributed by atoms with Crippen molar-refractivity contribution < 1.29 is 4.52 Å². The van der Waals surface area contributed by atoms with Crippen molar-refractivity contribution in [3.63, 3.8) is 0 Å². The quantitative estimate of drug-likeness (QED) is 0.775. The van der Waals surface area contributed by atoms with Crippen molar-refractivity contribution in [1.29, 1.82) is 0 Å². The second kappa shape index (κ2) is 3.19. The van der Waals surface area contributed by atoms with Gasteiger partial charge in [0.05, 0.1) is 11.2 Å². The number of rotatable bonds is 1. The summed E-state index contributed by atoms with van der Waals surface area (Å²) in [5, 5.41) is 7.42. The molecule has 2 aliphatic carbocycles. The number of thiazole rings is 1. The number of hydrogen-bond donors (Lipinski definition) is 0. The molecule has 0 radical (unpaired) electrons. The van der Waals surface area contributed by atoms with Gasteiger partial charge in [0.2, 0.25) is 0 Å². The first-order chi connectivity index (χ1) is 8.27. The van der Waals surface area contributed by atoms with Gasteiger partial charge in [0, 0.05) is 28.0 Å². The van der Waals surface area contributed by atoms with Gasteiger partial charge in [0.15, 0.2) is 0 Å². The molecular weight excluding hydrogens is 232 g/mol. The average molecular weight is 246 g/mol. The minimum Gasteiger partial charge on any atom is -0.361 e. The number of aryl methyl sites for hydroxylation is 1. The Balaban J connectivity index is 1.74. The predicted molar refractivity (Wildman–Crippen MR) is 65.3 cm³/mol. The summed E-state index contributed by atoms with van der Waals surface area (Å²) in [5.74, 6) is 1.74. The third-order valence-electron chi connectivity index (χ3n) is 4.07. The highest BCUT2D eigenvalue weighted by Gasteiger charge is 2.53. The highest BCUT2D eigenvalue weighted by molar-refractivity contribution is 7.09. The Kier molecular flexibility index (Phi) is 1.85. The van der Waals surface area contributed by atoms with E-state index in [-0.39, 0.29) is 0 Å². The summed E-state index contributed by atoms with van der Waals surface area (Å²) in [6, 6.07) is 0. The molecule has 2 aliphatic rings. The molecule has 1 atom stereocenters. The van der Waals surface area contributed by atoms with E-state index in [0.717, 1.165) is 12.1 Å². The Morgan fingerprint density at radius 3 is 3.06 bits per heavy atom. The van der Waals surface area contributed by atoms with Gasteiger partial charge in [-0.2, -0.15) is 0 Å². The van der Waals surface area contributed by atoms with Crippen molar-refractivity contribution in [3.05, 3.63) is 33.6 Å². The Labute approximate surface area is 104 Å². The third-order valence-corrected chi connectivity index (χ3v) is 5.19. The second-order valence-corrected chi connectivity index (χ2v) is 6.28. The number of nitrogens with zero attached hydrogens (tertiary/aromatic N) is 2. The largest absolute Gasteiger partial charge is 0.361 e. The van der Waals surface area contributed by atoms with E-state index in [9.17, 15) is 0 Å². The minimum atomic E-state index is 0.314. The lowest BCUT2D eigenvalue weighted by Crippen LogP contribution is -2.21. The average Bonchev–Trinajstić information content (AvgIpc) is 2.78. The van der Waals surface area contributed by atoms with E-state index in [2.05, 4.69) is 22.4 Å². The lowest BCUT2D eigenvalue weighted by molar-refractivity contribution is 0.320. The molecule has 0 aromatic carbocycles. The summed E-state index contributed by atoms with van der Waals surface area (Å²) in [6.45, 7) is 2.07. The van der Waals surface area contributed by atoms with Crippen LogP contribution >= 0.6 is 11.3 Å². The Bertz CT molecular complexity index is 567. The number of fused-ring (bicyclic) bond motifs is 2. The summed E-state index contributed by atoms with van der Waals surface area (Å²) >= 11 is 1.80. The molecule has 0 amide bonds. The van der Waals surface area contributed by atoms with Gasteiger partial charge in [-0.3, -0.25) is 0 Å². The van der Waals surface area contributed by atoms with Crippen LogP contribution in [0.1, 0.15) is 47.2 Å². The summed E-state index contributed by atoms with van der Waals surface area (Å²) in [7, 11) is 0. The number of hydrogen-bond acceptors (Lipinski definition) is 4. The lowest BCUT2D eigenvalue weighted by atomic mass is 9.79. The van der Waals surface area contributed by atoms with Crippen LogP contribution in [0.5, 0.6) is 0 Å². The van der Waals surface area contributed by atoms with Crippen molar-refractivity contribution >= 4 is 11.3 Å². The molecule has 0 bridgehead atoms. The highest BCUT2D eigenvalue weighted by Crippen LogP contribution is 2.58. The molecule has 0 N–H and O–H groups in total. The molecule has 1 saturated carbocycles. The van der Waals surface area contributed by atoms with Crippen LogP contribution in [0.3, 0.4) is 0 Å². The van der Waals surface area contributed by atoms with Gasteiger partial charge in [-0.05, 0) is 32.6 Å². The van der Waals surface area contributed by atoms with E-state index in [1.54, 1.807) is 11.3 Å². The maximum Gasteiger partial charge on any atom is 0.146 e. The molecule has 3 nitrogen and oxygen atoms in total. The zero-order valence-corrected chi connectivity index (χ0v) is 10.6. The summed E-state index contributed by atoms with van der Waals surface area (Å²) < 4.78 is 5.46. The van der Waals surface area contributed by atoms with Crippen LogP contribution in [0, 0.1) is 6.92 Å². The van der Waals surface area contributed by atoms with Crippen LogP contribution in [0.25, 0.3) is 0 Å². The fraction of sp³-hybridized carbons (Fsp3) is 0.538. The Morgan fingerprint density at radius 2 is 2.35 bits per heavy atom. The number of aromatic nitrogens is 2. The van der Waals surface area contributed by atoms with E-state index in [1.807, 2.05) is 6.20 Å². The first kappa shape index (κ1) is 9.83. The standard InChI is InChI=1S/C13H14N2OS/c1-8-7-17-12(15-8)9-4-10-6-14-16-11(10)13(5-9)2-3-13/h6-7,9H,2-5H2,1H3. The van der Waals surface area contributed by atoms with Gasteiger partial charge in [0.1, 0.15) is 5.76 Å². The topological polar surface area (TPSA) is 38.9 Å². The molecule has 4 rings (SSSR count). The van der Waals surface area contributed by atoms with Gasteiger partial charge in [-0.1, -0.05) is 5.16 Å². The van der Waals surface area contributed by atoms with Crippen LogP contribution in [-0.2, 0) is 11.8 Å². The van der Waals surface area contributed by atoms with Crippen LogP contribution in [0.2, 0.25) is 0 Å². The van der Waals surface area contributed by atoms with Gasteiger partial charge in [-0.25, -0.2) is 4.98 Å². The van der Waals surface area contributed by atoms with Crippen molar-refractivity contribution in [3.8, 4) is 0 Å². The molecule has 0 saturated heterocycles. The molecular formula is C13H14N2OS. The van der Waals surface area contributed by atoms with Crippen LogP contribution in [0.15, 0.2) is 16.1 Å². The van der Waals surface area contributed by atoms with E-state index in [1.165, 1.54) is 35.6 Å². The van der Waals surface area contributed by atoms with E-state index in [4.69, 9.17) is 4.52 Å². The first-order valence-corrected chi connectivity index (χ1v) is 7.01. The molecule has 2 aromatic heterocycles. The van der Waals surface area contributed by atoms with Crippen LogP contribution in [0.4, 0.5) is 0 Å². The SMILES string of the molecule is Cc1csc(C2Cc3cnoc3C3(CC3)C2)n1. The zero-order chi connectivity index (χ0) is 11.5. The van der Waals surface area contributed by atoms with Crippen molar-refractivity contribution in [1.82, 2.24) is 10.1 Å². The van der Waals surface area contributed by atoms with E-state index < -0.39 is 0 Å². The molecule has 1 spiro atoms. The van der Waals surface area contributed by atoms with Crippen molar-refractivity contribution in [2.75, 3.05) is 0 Å². The van der Waals surface area contributed by atoms with Gasteiger partial charge >= 0.3 is 0 Å². The van der Waals surface area contributed by atoms with Gasteiger partial charge < -0.3 is 4.52 Å². The highest BCUT2D eigenvalue weighted by atomic mass is 32.1. The molecule has 2 aromatic rings. The monoisotopic (exact) mass is 246 g/mol. The fourth-order valence-electron chi connectivity index (χ4n) is 3.06. The third kappa shape index (κ3) is 1.40. The smallest absolute Gasteiger partial charge is 0.146 e. The Morgan fingerprint density at radius 1 is 1.47 bits per heavy atom.